The Hall–Kier alpha value is -0.510. The summed E-state index contributed by atoms with van der Waals surface area (Å²) in [6.07, 6.45) is 2.39. The van der Waals surface area contributed by atoms with E-state index in [4.69, 9.17) is 4.42 Å². The third-order valence-corrected chi connectivity index (χ3v) is 2.68. The molecule has 3 nitrogen and oxygen atoms in total. The molecule has 14 heavy (non-hydrogen) atoms. The minimum Gasteiger partial charge on any atom is -0.415 e. The van der Waals surface area contributed by atoms with Crippen LogP contribution in [0.25, 0.3) is 0 Å². The lowest BCUT2D eigenvalue weighted by Crippen LogP contribution is -2.11. The first kappa shape index (κ1) is 11.6. The molecule has 0 saturated heterocycles. The minimum absolute atomic E-state index is 0.0451. The minimum atomic E-state index is -0.0451. The molecule has 80 valence electrons. The summed E-state index contributed by atoms with van der Waals surface area (Å²) in [5, 5.41) is 8.73. The molecule has 0 fully saturated rings. The highest BCUT2D eigenvalue weighted by atomic mass is 32.2. The van der Waals surface area contributed by atoms with Gasteiger partial charge in [-0.25, -0.2) is 0 Å². The number of hydrogen-bond acceptors (Lipinski definition) is 4. The van der Waals surface area contributed by atoms with Crippen LogP contribution in [0.4, 0.5) is 0 Å². The predicted octanol–water partition coefficient (Wildman–Crippen LogP) is 3.26. The number of rotatable bonds is 4. The van der Waals surface area contributed by atoms with Crippen molar-refractivity contribution in [3.05, 3.63) is 5.89 Å². The molecule has 1 aromatic heterocycles. The van der Waals surface area contributed by atoms with Gasteiger partial charge >= 0.3 is 0 Å². The van der Waals surface area contributed by atoms with E-state index < -0.39 is 0 Å². The molecule has 0 N–H and O–H groups in total. The van der Waals surface area contributed by atoms with Gasteiger partial charge in [0.05, 0.1) is 0 Å². The summed E-state index contributed by atoms with van der Waals surface area (Å²) in [6, 6.07) is 0. The van der Waals surface area contributed by atoms with Crippen molar-refractivity contribution in [1.82, 2.24) is 10.2 Å². The zero-order valence-corrected chi connectivity index (χ0v) is 10.1. The quantitative estimate of drug-likeness (QED) is 0.569. The normalized spacial score (nSPS) is 12.0. The molecule has 1 rings (SSSR count). The number of hydrogen-bond donors (Lipinski definition) is 0. The van der Waals surface area contributed by atoms with Crippen molar-refractivity contribution in [1.29, 1.82) is 0 Å². The van der Waals surface area contributed by atoms with Crippen molar-refractivity contribution in [3.63, 3.8) is 0 Å². The molecule has 0 amide bonds. The van der Waals surface area contributed by atoms with Crippen LogP contribution in [0.5, 0.6) is 0 Å². The summed E-state index contributed by atoms with van der Waals surface area (Å²) in [7, 11) is 0. The van der Waals surface area contributed by atoms with Gasteiger partial charge in [-0.1, -0.05) is 45.9 Å². The Balaban J connectivity index is 2.51. The van der Waals surface area contributed by atoms with Crippen LogP contribution >= 0.6 is 11.8 Å². The van der Waals surface area contributed by atoms with E-state index in [1.54, 1.807) is 11.8 Å². The fourth-order valence-electron chi connectivity index (χ4n) is 0.875. The molecule has 0 aliphatic heterocycles. The predicted molar refractivity (Wildman–Crippen MR) is 58.6 cm³/mol. The number of aromatic nitrogens is 2. The van der Waals surface area contributed by atoms with Crippen molar-refractivity contribution >= 4 is 11.8 Å². The maximum absolute atomic E-state index is 5.54. The first-order valence-electron chi connectivity index (χ1n) is 5.01. The second-order valence-electron chi connectivity index (χ2n) is 4.33. The molecule has 1 heterocycles. The number of thioether (sulfide) groups is 1. The Morgan fingerprint density at radius 2 is 2.00 bits per heavy atom. The number of unbranched alkanes of at least 4 members (excludes halogenated alkanes) is 1. The fraction of sp³-hybridized carbons (Fsp3) is 0.800. The van der Waals surface area contributed by atoms with Gasteiger partial charge in [-0.15, -0.1) is 10.2 Å². The van der Waals surface area contributed by atoms with Gasteiger partial charge < -0.3 is 4.42 Å². The van der Waals surface area contributed by atoms with Gasteiger partial charge in [0.1, 0.15) is 0 Å². The van der Waals surface area contributed by atoms with Crippen molar-refractivity contribution in [2.75, 3.05) is 5.75 Å². The van der Waals surface area contributed by atoms with Crippen LogP contribution in [-0.2, 0) is 5.41 Å². The molecular formula is C10H18N2OS. The SMILES string of the molecule is CCCCSc1nnc(C(C)(C)C)o1. The summed E-state index contributed by atoms with van der Waals surface area (Å²) in [5.41, 5.74) is -0.0451. The average Bonchev–Trinajstić information content (AvgIpc) is 2.52. The number of nitrogens with zero attached hydrogens (tertiary/aromatic N) is 2. The molecule has 0 saturated carbocycles. The maximum atomic E-state index is 5.54. The summed E-state index contributed by atoms with van der Waals surface area (Å²) < 4.78 is 5.54. The molecule has 0 aliphatic carbocycles. The highest BCUT2D eigenvalue weighted by Gasteiger charge is 2.21. The Bertz CT molecular complexity index is 278. The molecule has 0 radical (unpaired) electrons. The summed E-state index contributed by atoms with van der Waals surface area (Å²) in [6.45, 7) is 8.39. The molecule has 4 heteroatoms. The first-order chi connectivity index (χ1) is 6.54. The zero-order chi connectivity index (χ0) is 10.6. The summed E-state index contributed by atoms with van der Waals surface area (Å²) in [5.74, 6) is 1.78. The van der Waals surface area contributed by atoms with Crippen molar-refractivity contribution in [3.8, 4) is 0 Å². The third kappa shape index (κ3) is 3.33. The summed E-state index contributed by atoms with van der Waals surface area (Å²) >= 11 is 1.64. The van der Waals surface area contributed by atoms with Gasteiger partial charge in [0.15, 0.2) is 0 Å². The van der Waals surface area contributed by atoms with Gasteiger partial charge in [-0.05, 0) is 6.42 Å². The van der Waals surface area contributed by atoms with Crippen LogP contribution in [-0.4, -0.2) is 16.0 Å². The fourth-order valence-corrected chi connectivity index (χ4v) is 1.72. The van der Waals surface area contributed by atoms with E-state index in [1.165, 1.54) is 12.8 Å². The molecule has 0 aromatic carbocycles. The molecule has 0 unspecified atom stereocenters. The van der Waals surface area contributed by atoms with Crippen LogP contribution in [0.1, 0.15) is 46.4 Å². The highest BCUT2D eigenvalue weighted by molar-refractivity contribution is 7.99. The van der Waals surface area contributed by atoms with E-state index in [0.29, 0.717) is 5.22 Å². The average molecular weight is 214 g/mol. The van der Waals surface area contributed by atoms with Gasteiger partial charge in [-0.2, -0.15) is 0 Å². The largest absolute Gasteiger partial charge is 0.415 e. The van der Waals surface area contributed by atoms with Crippen LogP contribution in [0.2, 0.25) is 0 Å². The van der Waals surface area contributed by atoms with Gasteiger partial charge in [0.2, 0.25) is 5.89 Å². The van der Waals surface area contributed by atoms with Crippen LogP contribution in [0.3, 0.4) is 0 Å². The smallest absolute Gasteiger partial charge is 0.276 e. The Kier molecular flexibility index (Phi) is 3.98. The van der Waals surface area contributed by atoms with E-state index in [0.717, 1.165) is 11.6 Å². The standard InChI is InChI=1S/C10H18N2OS/c1-5-6-7-14-9-12-11-8(13-9)10(2,3)4/h5-7H2,1-4H3. The van der Waals surface area contributed by atoms with Crippen LogP contribution in [0, 0.1) is 0 Å². The van der Waals surface area contributed by atoms with Gasteiger partial charge in [0, 0.05) is 11.2 Å². The first-order valence-corrected chi connectivity index (χ1v) is 5.99. The lowest BCUT2D eigenvalue weighted by atomic mass is 9.97. The lowest BCUT2D eigenvalue weighted by Gasteiger charge is -2.10. The monoisotopic (exact) mass is 214 g/mol. The lowest BCUT2D eigenvalue weighted by molar-refractivity contribution is 0.347. The second kappa shape index (κ2) is 4.82. The molecule has 0 aliphatic rings. The topological polar surface area (TPSA) is 38.9 Å². The van der Waals surface area contributed by atoms with Crippen LogP contribution < -0.4 is 0 Å². The van der Waals surface area contributed by atoms with Gasteiger partial charge in [0.25, 0.3) is 5.22 Å². The van der Waals surface area contributed by atoms with Gasteiger partial charge in [-0.3, -0.25) is 0 Å². The molecule has 0 bridgehead atoms. The van der Waals surface area contributed by atoms with E-state index in [1.807, 2.05) is 0 Å². The molecule has 0 spiro atoms. The Labute approximate surface area is 89.7 Å². The molecule has 0 atom stereocenters. The van der Waals surface area contributed by atoms with E-state index >= 15 is 0 Å². The maximum Gasteiger partial charge on any atom is 0.276 e. The summed E-state index contributed by atoms with van der Waals surface area (Å²) in [4.78, 5) is 0. The van der Waals surface area contributed by atoms with Crippen LogP contribution in [0.15, 0.2) is 9.64 Å². The highest BCUT2D eigenvalue weighted by Crippen LogP contribution is 2.24. The Morgan fingerprint density at radius 3 is 2.50 bits per heavy atom. The molecular weight excluding hydrogens is 196 g/mol. The zero-order valence-electron chi connectivity index (χ0n) is 9.33. The van der Waals surface area contributed by atoms with Crippen molar-refractivity contribution in [2.24, 2.45) is 0 Å². The van der Waals surface area contributed by atoms with Crippen molar-refractivity contribution < 1.29 is 4.42 Å². The van der Waals surface area contributed by atoms with E-state index in [2.05, 4.69) is 37.9 Å². The second-order valence-corrected chi connectivity index (χ2v) is 5.37. The third-order valence-electron chi connectivity index (χ3n) is 1.77. The van der Waals surface area contributed by atoms with Crippen molar-refractivity contribution in [2.45, 2.75) is 51.2 Å². The Morgan fingerprint density at radius 1 is 1.29 bits per heavy atom. The van der Waals surface area contributed by atoms with E-state index in [-0.39, 0.29) is 5.41 Å². The molecule has 1 aromatic rings. The van der Waals surface area contributed by atoms with E-state index in [9.17, 15) is 0 Å².